The molecule has 1 unspecified atom stereocenters. The van der Waals surface area contributed by atoms with Gasteiger partial charge in [0, 0.05) is 18.8 Å². The Labute approximate surface area is 120 Å². The first-order chi connectivity index (χ1) is 9.56. The van der Waals surface area contributed by atoms with E-state index < -0.39 is 0 Å². The van der Waals surface area contributed by atoms with Gasteiger partial charge in [0.15, 0.2) is 0 Å². The fourth-order valence-electron chi connectivity index (χ4n) is 3.19. The average molecular weight is 267 g/mol. The smallest absolute Gasteiger partial charge is 0.125 e. The van der Waals surface area contributed by atoms with Crippen molar-refractivity contribution in [1.82, 2.24) is 15.3 Å². The quantitative estimate of drug-likeness (QED) is 0.928. The molecular weight excluding hydrogens is 246 g/mol. The number of nitrogens with zero attached hydrogens (tertiary/aromatic N) is 2. The fraction of sp³-hybridized carbons (Fsp3) is 0.412. The van der Waals surface area contributed by atoms with E-state index in [9.17, 15) is 0 Å². The molecule has 0 bridgehead atoms. The summed E-state index contributed by atoms with van der Waals surface area (Å²) in [6, 6.07) is 11.1. The highest BCUT2D eigenvalue weighted by Gasteiger charge is 2.38. The highest BCUT2D eigenvalue weighted by atomic mass is 15.0. The van der Waals surface area contributed by atoms with Gasteiger partial charge >= 0.3 is 0 Å². The van der Waals surface area contributed by atoms with Crippen LogP contribution in [0.3, 0.4) is 0 Å². The number of hydrogen-bond acceptors (Lipinski definition) is 3. The van der Waals surface area contributed by atoms with Crippen molar-refractivity contribution >= 4 is 0 Å². The normalized spacial score (nSPS) is 19.9. The summed E-state index contributed by atoms with van der Waals surface area (Å²) in [6.45, 7) is 7.37. The summed E-state index contributed by atoms with van der Waals surface area (Å²) >= 11 is 0. The zero-order valence-electron chi connectivity index (χ0n) is 12.4. The Balaban J connectivity index is 1.80. The van der Waals surface area contributed by atoms with Gasteiger partial charge in [0.05, 0.1) is 5.69 Å². The lowest BCUT2D eigenvalue weighted by Crippen LogP contribution is -2.31. The fourth-order valence-corrected chi connectivity index (χ4v) is 3.19. The maximum atomic E-state index is 4.46. The van der Waals surface area contributed by atoms with Crippen LogP contribution in [0.5, 0.6) is 0 Å². The Bertz CT molecular complexity index is 619. The summed E-state index contributed by atoms with van der Waals surface area (Å²) in [5.74, 6) is 0.829. The monoisotopic (exact) mass is 267 g/mol. The Hall–Kier alpha value is -1.74. The van der Waals surface area contributed by atoms with Gasteiger partial charge in [-0.05, 0) is 36.0 Å². The Morgan fingerprint density at radius 3 is 2.85 bits per heavy atom. The second-order valence-corrected chi connectivity index (χ2v) is 6.27. The van der Waals surface area contributed by atoms with Gasteiger partial charge < -0.3 is 5.32 Å². The van der Waals surface area contributed by atoms with Gasteiger partial charge in [-0.1, -0.05) is 38.1 Å². The minimum Gasteiger partial charge on any atom is -0.304 e. The van der Waals surface area contributed by atoms with Crippen LogP contribution in [-0.2, 0) is 13.0 Å². The second kappa shape index (κ2) is 4.98. The third kappa shape index (κ3) is 2.46. The second-order valence-electron chi connectivity index (χ2n) is 6.27. The van der Waals surface area contributed by atoms with Crippen LogP contribution in [0.1, 0.15) is 42.5 Å². The third-order valence-electron chi connectivity index (χ3n) is 4.11. The van der Waals surface area contributed by atoms with E-state index in [1.54, 1.807) is 0 Å². The molecule has 3 rings (SSSR count). The maximum absolute atomic E-state index is 4.46. The van der Waals surface area contributed by atoms with Crippen LogP contribution in [-0.4, -0.2) is 9.97 Å². The number of rotatable bonds is 3. The van der Waals surface area contributed by atoms with Gasteiger partial charge in [0.1, 0.15) is 5.82 Å². The molecule has 0 radical (unpaired) electrons. The molecule has 1 N–H and O–H groups in total. The van der Waals surface area contributed by atoms with Crippen molar-refractivity contribution in [3.8, 4) is 0 Å². The van der Waals surface area contributed by atoms with E-state index in [1.807, 2.05) is 19.2 Å². The summed E-state index contributed by atoms with van der Waals surface area (Å²) in [6.07, 6.45) is 2.96. The van der Waals surface area contributed by atoms with Gasteiger partial charge in [0.2, 0.25) is 0 Å². The molecule has 1 aliphatic carbocycles. The zero-order chi connectivity index (χ0) is 14.2. The van der Waals surface area contributed by atoms with Gasteiger partial charge in [-0.2, -0.15) is 0 Å². The van der Waals surface area contributed by atoms with E-state index in [2.05, 4.69) is 53.4 Å². The topological polar surface area (TPSA) is 37.8 Å². The first-order valence-electron chi connectivity index (χ1n) is 7.16. The predicted octanol–water partition coefficient (Wildman–Crippen LogP) is 3.20. The molecular formula is C17H21N3. The van der Waals surface area contributed by atoms with Gasteiger partial charge in [-0.3, -0.25) is 0 Å². The highest BCUT2D eigenvalue weighted by molar-refractivity contribution is 5.37. The van der Waals surface area contributed by atoms with E-state index >= 15 is 0 Å². The lowest BCUT2D eigenvalue weighted by molar-refractivity contribution is 0.267. The van der Waals surface area contributed by atoms with Crippen LogP contribution in [0.15, 0.2) is 36.5 Å². The molecule has 104 valence electrons. The molecule has 1 aromatic carbocycles. The van der Waals surface area contributed by atoms with Crippen molar-refractivity contribution < 1.29 is 0 Å². The molecule has 0 fully saturated rings. The minimum absolute atomic E-state index is 0.242. The molecule has 0 aliphatic heterocycles. The molecule has 0 amide bonds. The van der Waals surface area contributed by atoms with E-state index in [0.29, 0.717) is 6.04 Å². The predicted molar refractivity (Wildman–Crippen MR) is 80.3 cm³/mol. The molecule has 0 spiro atoms. The molecule has 0 saturated heterocycles. The summed E-state index contributed by atoms with van der Waals surface area (Å²) in [4.78, 5) is 8.61. The summed E-state index contributed by atoms with van der Waals surface area (Å²) in [7, 11) is 0. The third-order valence-corrected chi connectivity index (χ3v) is 4.11. The van der Waals surface area contributed by atoms with Crippen LogP contribution in [0.4, 0.5) is 0 Å². The lowest BCUT2D eigenvalue weighted by Gasteiger charge is -2.28. The summed E-state index contributed by atoms with van der Waals surface area (Å²) < 4.78 is 0. The van der Waals surface area contributed by atoms with E-state index in [-0.39, 0.29) is 5.41 Å². The lowest BCUT2D eigenvalue weighted by atomic mass is 9.85. The molecule has 3 nitrogen and oxygen atoms in total. The van der Waals surface area contributed by atoms with Crippen molar-refractivity contribution in [3.63, 3.8) is 0 Å². The van der Waals surface area contributed by atoms with Crippen LogP contribution in [0.25, 0.3) is 0 Å². The van der Waals surface area contributed by atoms with Crippen LogP contribution in [0, 0.1) is 12.3 Å². The SMILES string of the molecule is Cc1nccc(CNC2c3ccccc3CC2(C)C)n1. The molecule has 0 saturated carbocycles. The van der Waals surface area contributed by atoms with Crippen LogP contribution < -0.4 is 5.32 Å². The standard InChI is InChI=1S/C17H21N3/c1-12-18-9-8-14(20-12)11-19-16-15-7-5-4-6-13(15)10-17(16,2)3/h4-9,16,19H,10-11H2,1-3H3. The van der Waals surface area contributed by atoms with E-state index in [4.69, 9.17) is 0 Å². The molecule has 1 aliphatic rings. The minimum atomic E-state index is 0.242. The summed E-state index contributed by atoms with van der Waals surface area (Å²) in [5, 5.41) is 3.68. The molecule has 1 atom stereocenters. The number of hydrogen-bond donors (Lipinski definition) is 1. The summed E-state index contributed by atoms with van der Waals surface area (Å²) in [5.41, 5.74) is 4.20. The van der Waals surface area contributed by atoms with Crippen molar-refractivity contribution in [3.05, 3.63) is 59.2 Å². The Kier molecular flexibility index (Phi) is 3.30. The number of aryl methyl sites for hydroxylation is 1. The Morgan fingerprint density at radius 2 is 2.05 bits per heavy atom. The van der Waals surface area contributed by atoms with Crippen molar-refractivity contribution in [2.45, 2.75) is 39.8 Å². The van der Waals surface area contributed by atoms with Crippen molar-refractivity contribution in [2.75, 3.05) is 0 Å². The molecule has 3 heteroatoms. The first kappa shape index (κ1) is 13.3. The van der Waals surface area contributed by atoms with E-state index in [1.165, 1.54) is 11.1 Å². The number of benzene rings is 1. The van der Waals surface area contributed by atoms with Gasteiger partial charge in [0.25, 0.3) is 0 Å². The number of nitrogens with one attached hydrogen (secondary N) is 1. The van der Waals surface area contributed by atoms with Crippen LogP contribution in [0.2, 0.25) is 0 Å². The van der Waals surface area contributed by atoms with Gasteiger partial charge in [-0.15, -0.1) is 0 Å². The molecule has 1 heterocycles. The van der Waals surface area contributed by atoms with Crippen LogP contribution >= 0.6 is 0 Å². The highest BCUT2D eigenvalue weighted by Crippen LogP contribution is 2.44. The van der Waals surface area contributed by atoms with E-state index in [0.717, 1.165) is 24.5 Å². The number of fused-ring (bicyclic) bond motifs is 1. The van der Waals surface area contributed by atoms with Crippen molar-refractivity contribution in [2.24, 2.45) is 5.41 Å². The van der Waals surface area contributed by atoms with Crippen molar-refractivity contribution in [1.29, 1.82) is 0 Å². The molecule has 1 aromatic heterocycles. The molecule has 2 aromatic rings. The molecule has 20 heavy (non-hydrogen) atoms. The Morgan fingerprint density at radius 1 is 1.25 bits per heavy atom. The average Bonchev–Trinajstić information content (AvgIpc) is 2.66. The zero-order valence-corrected chi connectivity index (χ0v) is 12.4. The van der Waals surface area contributed by atoms with Gasteiger partial charge in [-0.25, -0.2) is 9.97 Å². The number of aromatic nitrogens is 2. The first-order valence-corrected chi connectivity index (χ1v) is 7.16. The largest absolute Gasteiger partial charge is 0.304 e. The maximum Gasteiger partial charge on any atom is 0.125 e.